The van der Waals surface area contributed by atoms with Crippen molar-refractivity contribution in [1.82, 2.24) is 20.0 Å². The Hall–Kier alpha value is -3.73. The molecule has 2 aromatic carbocycles. The Morgan fingerprint density at radius 3 is 2.41 bits per heavy atom. The monoisotopic (exact) mass is 593 g/mol. The molecule has 9 nitrogen and oxygen atoms in total. The van der Waals surface area contributed by atoms with Crippen molar-refractivity contribution in [2.45, 2.75) is 45.2 Å². The van der Waals surface area contributed by atoms with E-state index in [9.17, 15) is 14.4 Å². The van der Waals surface area contributed by atoms with Crippen molar-refractivity contribution < 1.29 is 19.1 Å². The number of nitrogens with one attached hydrogen (secondary N) is 2. The minimum Gasteiger partial charge on any atom is -0.451 e. The fourth-order valence-corrected chi connectivity index (χ4v) is 6.39. The number of likely N-dealkylation sites (tertiary alicyclic amines) is 1. The number of aromatic nitrogens is 2. The molecule has 0 bridgehead atoms. The van der Waals surface area contributed by atoms with Crippen LogP contribution in [0.5, 0.6) is 0 Å². The summed E-state index contributed by atoms with van der Waals surface area (Å²) in [5.74, 6) is -0.564. The number of ether oxygens (including phenoxy) is 1. The van der Waals surface area contributed by atoms with E-state index in [1.165, 1.54) is 26.4 Å². The highest BCUT2D eigenvalue weighted by molar-refractivity contribution is 7.20. The van der Waals surface area contributed by atoms with E-state index < -0.39 is 11.6 Å². The van der Waals surface area contributed by atoms with Gasteiger partial charge >= 0.3 is 6.09 Å². The third-order valence-electron chi connectivity index (χ3n) is 7.21. The molecule has 11 heteroatoms. The zero-order chi connectivity index (χ0) is 29.1. The lowest BCUT2D eigenvalue weighted by molar-refractivity contribution is 0.0915. The standard InChI is InChI=1S/C30H32ClN5O4S/c1-30(2,22-9-5-6-10-23(22)31)33-27(38)24-17-21-25(34-36(28(21)41-24)29(39)40-3)32-26(37)20-13-11-19(12-14-20)18-35-15-7-4-8-16-35/h5-6,9-14,17H,4,7-8,15-16,18H2,1-3H3,(H,33,38)(H,32,34,37). The van der Waals surface area contributed by atoms with Gasteiger partial charge in [0.2, 0.25) is 0 Å². The number of nitrogens with zero attached hydrogens (tertiary/aromatic N) is 3. The zero-order valence-corrected chi connectivity index (χ0v) is 24.8. The summed E-state index contributed by atoms with van der Waals surface area (Å²) in [7, 11) is 1.24. The number of halogens is 1. The van der Waals surface area contributed by atoms with Crippen molar-refractivity contribution in [3.05, 3.63) is 81.2 Å². The molecule has 1 fully saturated rings. The van der Waals surface area contributed by atoms with Crippen LogP contribution in [0.3, 0.4) is 0 Å². The summed E-state index contributed by atoms with van der Waals surface area (Å²) >= 11 is 7.45. The highest BCUT2D eigenvalue weighted by Gasteiger charge is 2.28. The summed E-state index contributed by atoms with van der Waals surface area (Å²) in [6, 6.07) is 16.4. The molecule has 1 saturated heterocycles. The van der Waals surface area contributed by atoms with E-state index in [1.54, 1.807) is 24.3 Å². The minimum atomic E-state index is -0.767. The maximum atomic E-state index is 13.3. The third-order valence-corrected chi connectivity index (χ3v) is 8.65. The first kappa shape index (κ1) is 28.8. The van der Waals surface area contributed by atoms with Crippen molar-refractivity contribution in [2.75, 3.05) is 25.5 Å². The molecule has 5 rings (SSSR count). The topological polar surface area (TPSA) is 106 Å². The molecule has 214 valence electrons. The number of hydrogen-bond acceptors (Lipinski definition) is 7. The number of carbonyl (C=O) groups is 3. The smallest absolute Gasteiger partial charge is 0.435 e. The first-order chi connectivity index (χ1) is 19.7. The summed E-state index contributed by atoms with van der Waals surface area (Å²) in [5.41, 5.74) is 1.61. The van der Waals surface area contributed by atoms with Gasteiger partial charge in [0.1, 0.15) is 4.83 Å². The van der Waals surface area contributed by atoms with Gasteiger partial charge in [-0.1, -0.05) is 48.4 Å². The molecule has 0 spiro atoms. The lowest BCUT2D eigenvalue weighted by atomic mass is 9.94. The number of carbonyl (C=O) groups excluding carboxylic acids is 3. The van der Waals surface area contributed by atoms with Gasteiger partial charge < -0.3 is 15.4 Å². The number of methoxy groups -OCH3 is 1. The molecule has 1 aliphatic rings. The average molecular weight is 594 g/mol. The van der Waals surface area contributed by atoms with Gasteiger partial charge in [-0.05, 0) is 75.2 Å². The number of fused-ring (bicyclic) bond motifs is 1. The lowest BCUT2D eigenvalue weighted by Crippen LogP contribution is -2.40. The molecule has 0 unspecified atom stereocenters. The number of benzene rings is 2. The largest absolute Gasteiger partial charge is 0.451 e. The molecule has 2 N–H and O–H groups in total. The maximum absolute atomic E-state index is 13.3. The first-order valence-corrected chi connectivity index (χ1v) is 14.7. The van der Waals surface area contributed by atoms with Crippen LogP contribution < -0.4 is 10.6 Å². The van der Waals surface area contributed by atoms with Crippen molar-refractivity contribution >= 4 is 56.9 Å². The minimum absolute atomic E-state index is 0.161. The molecule has 0 aliphatic carbocycles. The molecule has 0 atom stereocenters. The Labute approximate surface area is 247 Å². The second kappa shape index (κ2) is 12.0. The van der Waals surface area contributed by atoms with Gasteiger partial charge in [0.05, 0.1) is 22.9 Å². The summed E-state index contributed by atoms with van der Waals surface area (Å²) in [5, 5.41) is 11.1. The van der Waals surface area contributed by atoms with Gasteiger partial charge in [0.15, 0.2) is 5.82 Å². The van der Waals surface area contributed by atoms with Crippen LogP contribution in [0.15, 0.2) is 54.6 Å². The SMILES string of the molecule is COC(=O)n1nc(NC(=O)c2ccc(CN3CCCCC3)cc2)c2cc(C(=O)NC(C)(C)c3ccccc3Cl)sc21. The number of anilines is 1. The van der Waals surface area contributed by atoms with E-state index >= 15 is 0 Å². The number of rotatable bonds is 7. The highest BCUT2D eigenvalue weighted by atomic mass is 35.5. The fraction of sp³-hybridized carbons (Fsp3) is 0.333. The van der Waals surface area contributed by atoms with Crippen LogP contribution >= 0.6 is 22.9 Å². The van der Waals surface area contributed by atoms with E-state index in [0.717, 1.165) is 46.8 Å². The quantitative estimate of drug-likeness (QED) is 0.262. The second-order valence-electron chi connectivity index (χ2n) is 10.6. The zero-order valence-electron chi connectivity index (χ0n) is 23.2. The molecule has 4 aromatic rings. The Morgan fingerprint density at radius 2 is 1.73 bits per heavy atom. The number of piperidine rings is 1. The van der Waals surface area contributed by atoms with Crippen LogP contribution in [0.2, 0.25) is 5.02 Å². The number of amides is 2. The van der Waals surface area contributed by atoms with E-state index in [4.69, 9.17) is 16.3 Å². The summed E-state index contributed by atoms with van der Waals surface area (Å²) in [6.07, 6.45) is 2.99. The molecule has 0 saturated carbocycles. The molecule has 41 heavy (non-hydrogen) atoms. The molecular weight excluding hydrogens is 562 g/mol. The average Bonchev–Trinajstić information content (AvgIpc) is 3.54. The van der Waals surface area contributed by atoms with Gasteiger partial charge in [-0.2, -0.15) is 4.68 Å². The molecule has 2 amide bonds. The molecule has 1 aliphatic heterocycles. The van der Waals surface area contributed by atoms with Gasteiger partial charge in [-0.15, -0.1) is 16.4 Å². The van der Waals surface area contributed by atoms with Crippen molar-refractivity contribution in [2.24, 2.45) is 0 Å². The number of hydrogen-bond donors (Lipinski definition) is 2. The summed E-state index contributed by atoms with van der Waals surface area (Å²) in [6.45, 7) is 6.77. The summed E-state index contributed by atoms with van der Waals surface area (Å²) < 4.78 is 5.93. The Bertz CT molecular complexity index is 1590. The Morgan fingerprint density at radius 1 is 1.02 bits per heavy atom. The third kappa shape index (κ3) is 6.29. The van der Waals surface area contributed by atoms with Crippen LogP contribution in [0.4, 0.5) is 10.6 Å². The van der Waals surface area contributed by atoms with Crippen molar-refractivity contribution in [1.29, 1.82) is 0 Å². The van der Waals surface area contributed by atoms with Gasteiger partial charge in [0.25, 0.3) is 11.8 Å². The Kier molecular flexibility index (Phi) is 8.44. The van der Waals surface area contributed by atoms with E-state index in [1.807, 2.05) is 44.2 Å². The summed E-state index contributed by atoms with van der Waals surface area (Å²) in [4.78, 5) is 42.1. The highest BCUT2D eigenvalue weighted by Crippen LogP contribution is 2.33. The van der Waals surface area contributed by atoms with Crippen molar-refractivity contribution in [3.8, 4) is 0 Å². The number of thiophene rings is 1. The van der Waals surface area contributed by atoms with Gasteiger partial charge in [0, 0.05) is 17.1 Å². The lowest BCUT2D eigenvalue weighted by Gasteiger charge is -2.27. The van der Waals surface area contributed by atoms with E-state index in [2.05, 4.69) is 20.6 Å². The van der Waals surface area contributed by atoms with Gasteiger partial charge in [-0.25, -0.2) is 4.79 Å². The normalized spacial score (nSPS) is 14.1. The van der Waals surface area contributed by atoms with Gasteiger partial charge in [-0.3, -0.25) is 14.5 Å². The predicted molar refractivity (Wildman–Crippen MR) is 161 cm³/mol. The molecule has 0 radical (unpaired) electrons. The van der Waals surface area contributed by atoms with Crippen LogP contribution in [0.25, 0.3) is 10.2 Å². The molecule has 3 heterocycles. The van der Waals surface area contributed by atoms with Crippen LogP contribution in [0.1, 0.15) is 64.3 Å². The van der Waals surface area contributed by atoms with Crippen LogP contribution in [0, 0.1) is 0 Å². The fourth-order valence-electron chi connectivity index (χ4n) is 5.02. The molecule has 2 aromatic heterocycles. The van der Waals surface area contributed by atoms with Crippen molar-refractivity contribution in [3.63, 3.8) is 0 Å². The maximum Gasteiger partial charge on any atom is 0.435 e. The van der Waals surface area contributed by atoms with E-state index in [0.29, 0.717) is 25.7 Å². The molecular formula is C30H32ClN5O4S. The van der Waals surface area contributed by atoms with Crippen LogP contribution in [-0.4, -0.2) is 52.8 Å². The van der Waals surface area contributed by atoms with Crippen LogP contribution in [-0.2, 0) is 16.8 Å². The predicted octanol–water partition coefficient (Wildman–Crippen LogP) is 6.27. The Balaban J connectivity index is 1.36. The van der Waals surface area contributed by atoms with E-state index in [-0.39, 0.29) is 17.6 Å². The first-order valence-electron chi connectivity index (χ1n) is 13.5. The second-order valence-corrected chi connectivity index (χ2v) is 12.0.